The molecule has 4 rings (SSSR count). The number of nitrogens with zero attached hydrogens (tertiary/aromatic N) is 5. The molecule has 7 nitrogen and oxygen atoms in total. The Hall–Kier alpha value is -2.68. The number of ether oxygens (including phenoxy) is 1. The molecule has 1 saturated heterocycles. The molecule has 1 fully saturated rings. The zero-order valence-corrected chi connectivity index (χ0v) is 17.7. The highest BCUT2D eigenvalue weighted by Gasteiger charge is 2.32. The van der Waals surface area contributed by atoms with Gasteiger partial charge >= 0.3 is 6.09 Å². The van der Waals surface area contributed by atoms with E-state index in [-0.39, 0.29) is 18.0 Å². The minimum absolute atomic E-state index is 0.0181. The SMILES string of the molecule is C[C@@H]1CN(c2nn3cc(-c4ccc(F)cc4)nc3s2)CCN1C(=O)OC(C)(C)C. The third-order valence-corrected chi connectivity index (χ3v) is 5.68. The highest BCUT2D eigenvalue weighted by Crippen LogP contribution is 2.28. The maximum absolute atomic E-state index is 13.1. The summed E-state index contributed by atoms with van der Waals surface area (Å²) >= 11 is 1.50. The van der Waals surface area contributed by atoms with Gasteiger partial charge in [0, 0.05) is 31.2 Å². The fourth-order valence-corrected chi connectivity index (χ4v) is 4.22. The van der Waals surface area contributed by atoms with Crippen LogP contribution in [0.2, 0.25) is 0 Å². The molecule has 3 heterocycles. The maximum Gasteiger partial charge on any atom is 0.410 e. The van der Waals surface area contributed by atoms with Crippen molar-refractivity contribution in [3.63, 3.8) is 0 Å². The van der Waals surface area contributed by atoms with Gasteiger partial charge in [-0.1, -0.05) is 11.3 Å². The number of carbonyl (C=O) groups is 1. The lowest BCUT2D eigenvalue weighted by atomic mass is 10.2. The number of halogens is 1. The Labute approximate surface area is 172 Å². The van der Waals surface area contributed by atoms with E-state index in [1.54, 1.807) is 21.5 Å². The van der Waals surface area contributed by atoms with Crippen LogP contribution < -0.4 is 4.90 Å². The molecule has 1 aliphatic heterocycles. The molecule has 154 valence electrons. The molecule has 0 radical (unpaired) electrons. The summed E-state index contributed by atoms with van der Waals surface area (Å²) in [6.45, 7) is 9.58. The fraction of sp³-hybridized carbons (Fsp3) is 0.450. The molecule has 1 amide bonds. The number of amides is 1. The smallest absolute Gasteiger partial charge is 0.410 e. The summed E-state index contributed by atoms with van der Waals surface area (Å²) in [5.74, 6) is -0.269. The van der Waals surface area contributed by atoms with Crippen molar-refractivity contribution in [3.8, 4) is 11.3 Å². The first-order valence-electron chi connectivity index (χ1n) is 9.56. The molecule has 0 N–H and O–H groups in total. The second kappa shape index (κ2) is 7.29. The van der Waals surface area contributed by atoms with Crippen molar-refractivity contribution >= 4 is 27.5 Å². The van der Waals surface area contributed by atoms with Gasteiger partial charge in [0.15, 0.2) is 0 Å². The zero-order chi connectivity index (χ0) is 20.8. The molecule has 0 saturated carbocycles. The van der Waals surface area contributed by atoms with Crippen LogP contribution in [0.25, 0.3) is 16.2 Å². The number of hydrogen-bond donors (Lipinski definition) is 0. The standard InChI is InChI=1S/C20H24FN5O2S/c1-13-11-24(9-10-25(13)19(27)28-20(2,3)4)18-23-26-12-16(22-17(26)29-18)14-5-7-15(21)8-6-14/h5-8,12-13H,9-11H2,1-4H3/t13-/m1/s1. The molecule has 3 aromatic rings. The topological polar surface area (TPSA) is 63.0 Å². The Bertz CT molecular complexity index is 992. The van der Waals surface area contributed by atoms with E-state index in [0.717, 1.165) is 21.3 Å². The molecule has 0 spiro atoms. The Morgan fingerprint density at radius 1 is 1.24 bits per heavy atom. The van der Waals surface area contributed by atoms with Gasteiger partial charge in [-0.15, -0.1) is 5.10 Å². The zero-order valence-electron chi connectivity index (χ0n) is 16.9. The number of imidazole rings is 1. The van der Waals surface area contributed by atoms with Crippen LogP contribution in [0.3, 0.4) is 0 Å². The second-order valence-corrected chi connectivity index (χ2v) is 9.15. The van der Waals surface area contributed by atoms with Crippen molar-refractivity contribution in [2.45, 2.75) is 39.3 Å². The molecule has 29 heavy (non-hydrogen) atoms. The molecular formula is C20H24FN5O2S. The molecule has 0 bridgehead atoms. The lowest BCUT2D eigenvalue weighted by molar-refractivity contribution is 0.0159. The number of rotatable bonds is 2. The van der Waals surface area contributed by atoms with Gasteiger partial charge in [0.2, 0.25) is 10.1 Å². The predicted molar refractivity (Wildman–Crippen MR) is 111 cm³/mol. The van der Waals surface area contributed by atoms with Gasteiger partial charge in [0.1, 0.15) is 11.4 Å². The van der Waals surface area contributed by atoms with Gasteiger partial charge in [-0.3, -0.25) is 0 Å². The highest BCUT2D eigenvalue weighted by molar-refractivity contribution is 7.20. The van der Waals surface area contributed by atoms with Crippen molar-refractivity contribution in [2.75, 3.05) is 24.5 Å². The number of hydrogen-bond acceptors (Lipinski definition) is 6. The van der Waals surface area contributed by atoms with E-state index in [1.165, 1.54) is 23.5 Å². The lowest BCUT2D eigenvalue weighted by Gasteiger charge is -2.39. The molecule has 0 unspecified atom stereocenters. The number of fused-ring (bicyclic) bond motifs is 1. The normalized spacial score (nSPS) is 17.8. The maximum atomic E-state index is 13.1. The van der Waals surface area contributed by atoms with Crippen molar-refractivity contribution in [1.82, 2.24) is 19.5 Å². The predicted octanol–water partition coefficient (Wildman–Crippen LogP) is 4.04. The lowest BCUT2D eigenvalue weighted by Crippen LogP contribution is -2.55. The molecule has 1 atom stereocenters. The molecule has 2 aromatic heterocycles. The van der Waals surface area contributed by atoms with Crippen LogP contribution in [-0.4, -0.2) is 56.9 Å². The summed E-state index contributed by atoms with van der Waals surface area (Å²) in [4.78, 5) is 21.7. The quantitative estimate of drug-likeness (QED) is 0.630. The molecule has 1 aliphatic rings. The first-order chi connectivity index (χ1) is 13.7. The van der Waals surface area contributed by atoms with E-state index in [2.05, 4.69) is 15.0 Å². The van der Waals surface area contributed by atoms with Crippen LogP contribution in [-0.2, 0) is 4.74 Å². The summed E-state index contributed by atoms with van der Waals surface area (Å²) in [5, 5.41) is 5.52. The number of benzene rings is 1. The summed E-state index contributed by atoms with van der Waals surface area (Å²) in [5.41, 5.74) is 1.11. The first kappa shape index (κ1) is 19.6. The molecule has 1 aromatic carbocycles. The van der Waals surface area contributed by atoms with E-state index < -0.39 is 5.60 Å². The van der Waals surface area contributed by atoms with Crippen LogP contribution >= 0.6 is 11.3 Å². The van der Waals surface area contributed by atoms with Gasteiger partial charge in [-0.05, 0) is 52.0 Å². The van der Waals surface area contributed by atoms with Crippen LogP contribution in [0.15, 0.2) is 30.5 Å². The fourth-order valence-electron chi connectivity index (χ4n) is 3.30. The molecular weight excluding hydrogens is 393 g/mol. The van der Waals surface area contributed by atoms with Crippen LogP contribution in [0.1, 0.15) is 27.7 Å². The van der Waals surface area contributed by atoms with E-state index >= 15 is 0 Å². The minimum Gasteiger partial charge on any atom is -0.444 e. The summed E-state index contributed by atoms with van der Waals surface area (Å²) in [6, 6.07) is 6.28. The largest absolute Gasteiger partial charge is 0.444 e. The van der Waals surface area contributed by atoms with E-state index in [0.29, 0.717) is 19.6 Å². The third-order valence-electron chi connectivity index (χ3n) is 4.70. The Morgan fingerprint density at radius 3 is 2.59 bits per heavy atom. The Balaban J connectivity index is 1.46. The van der Waals surface area contributed by atoms with E-state index in [9.17, 15) is 9.18 Å². The Morgan fingerprint density at radius 2 is 1.97 bits per heavy atom. The van der Waals surface area contributed by atoms with Crippen molar-refractivity contribution in [2.24, 2.45) is 0 Å². The van der Waals surface area contributed by atoms with Gasteiger partial charge in [0.05, 0.1) is 11.9 Å². The number of carbonyl (C=O) groups excluding carboxylic acids is 1. The van der Waals surface area contributed by atoms with Crippen LogP contribution in [0.5, 0.6) is 0 Å². The number of aromatic nitrogens is 3. The van der Waals surface area contributed by atoms with Gasteiger partial charge < -0.3 is 14.5 Å². The average molecular weight is 418 g/mol. The highest BCUT2D eigenvalue weighted by atomic mass is 32.1. The summed E-state index contributed by atoms with van der Waals surface area (Å²) < 4.78 is 20.4. The van der Waals surface area contributed by atoms with Crippen molar-refractivity contribution in [3.05, 3.63) is 36.3 Å². The third kappa shape index (κ3) is 4.19. The second-order valence-electron chi connectivity index (χ2n) is 8.21. The monoisotopic (exact) mass is 417 g/mol. The first-order valence-corrected chi connectivity index (χ1v) is 10.4. The summed E-state index contributed by atoms with van der Waals surface area (Å²) in [7, 11) is 0. The van der Waals surface area contributed by atoms with Crippen molar-refractivity contribution < 1.29 is 13.9 Å². The van der Waals surface area contributed by atoms with E-state index in [4.69, 9.17) is 4.74 Å². The minimum atomic E-state index is -0.503. The molecule has 0 aliphatic carbocycles. The van der Waals surface area contributed by atoms with Gasteiger partial charge in [-0.25, -0.2) is 18.7 Å². The molecule has 9 heteroatoms. The summed E-state index contributed by atoms with van der Waals surface area (Å²) in [6.07, 6.45) is 1.57. The average Bonchev–Trinajstić information content (AvgIpc) is 3.19. The number of anilines is 1. The van der Waals surface area contributed by atoms with E-state index in [1.807, 2.05) is 33.9 Å². The van der Waals surface area contributed by atoms with Gasteiger partial charge in [-0.2, -0.15) is 0 Å². The van der Waals surface area contributed by atoms with Crippen molar-refractivity contribution in [1.29, 1.82) is 0 Å². The number of piperazine rings is 1. The Kier molecular flexibility index (Phi) is 4.94. The van der Waals surface area contributed by atoms with Crippen LogP contribution in [0.4, 0.5) is 14.3 Å². The van der Waals surface area contributed by atoms with Crippen LogP contribution in [0, 0.1) is 5.82 Å². The van der Waals surface area contributed by atoms with Gasteiger partial charge in [0.25, 0.3) is 0 Å².